The number of carbonyl (C=O) groups excluding carboxylic acids is 2. The molecule has 1 heterocycles. The molecule has 0 fully saturated rings. The zero-order valence-electron chi connectivity index (χ0n) is 22.1. The molecule has 0 bridgehead atoms. The minimum absolute atomic E-state index is 0.245. The van der Waals surface area contributed by atoms with Crippen LogP contribution in [0, 0.1) is 5.92 Å². The van der Waals surface area contributed by atoms with Crippen LogP contribution in [0.5, 0.6) is 11.5 Å². The van der Waals surface area contributed by atoms with E-state index in [1.807, 2.05) is 47.8 Å². The second kappa shape index (κ2) is 13.7. The van der Waals surface area contributed by atoms with Crippen LogP contribution in [0.15, 0.2) is 53.9 Å². The summed E-state index contributed by atoms with van der Waals surface area (Å²) in [6.45, 7) is 9.01. The Bertz CT molecular complexity index is 1230. The number of hydrogen-bond acceptors (Lipinski definition) is 6. The van der Waals surface area contributed by atoms with Crippen LogP contribution in [0.25, 0.3) is 17.2 Å². The maximum atomic E-state index is 12.8. The molecule has 196 valence electrons. The molecular formula is C30H35NO5S. The Balaban J connectivity index is 1.77. The van der Waals surface area contributed by atoms with E-state index in [-0.39, 0.29) is 12.5 Å². The molecule has 0 radical (unpaired) electrons. The van der Waals surface area contributed by atoms with Gasteiger partial charge in [-0.05, 0) is 60.6 Å². The van der Waals surface area contributed by atoms with E-state index in [1.165, 1.54) is 23.0 Å². The molecule has 0 spiro atoms. The Labute approximate surface area is 223 Å². The van der Waals surface area contributed by atoms with Crippen molar-refractivity contribution in [1.29, 1.82) is 0 Å². The quantitative estimate of drug-likeness (QED) is 0.201. The molecule has 1 N–H and O–H groups in total. The van der Waals surface area contributed by atoms with E-state index in [2.05, 4.69) is 26.1 Å². The third-order valence-electron chi connectivity index (χ3n) is 5.75. The van der Waals surface area contributed by atoms with Crippen molar-refractivity contribution >= 4 is 34.3 Å². The monoisotopic (exact) mass is 521 g/mol. The van der Waals surface area contributed by atoms with Crippen molar-refractivity contribution < 1.29 is 23.8 Å². The third-order valence-corrected chi connectivity index (χ3v) is 6.64. The lowest BCUT2D eigenvalue weighted by atomic mass is 10.0. The molecule has 1 amide bonds. The van der Waals surface area contributed by atoms with E-state index in [4.69, 9.17) is 14.2 Å². The lowest BCUT2D eigenvalue weighted by molar-refractivity contribution is -0.111. The number of benzene rings is 2. The number of rotatable bonds is 12. The van der Waals surface area contributed by atoms with Crippen molar-refractivity contribution in [3.05, 3.63) is 70.6 Å². The van der Waals surface area contributed by atoms with Gasteiger partial charge >= 0.3 is 5.97 Å². The van der Waals surface area contributed by atoms with Gasteiger partial charge < -0.3 is 19.5 Å². The summed E-state index contributed by atoms with van der Waals surface area (Å²) in [6, 6.07) is 13.6. The molecule has 2 aromatic carbocycles. The number of nitrogens with one attached hydrogen (secondary N) is 1. The van der Waals surface area contributed by atoms with Crippen LogP contribution in [0.1, 0.15) is 55.6 Å². The zero-order valence-corrected chi connectivity index (χ0v) is 22.9. The molecule has 37 heavy (non-hydrogen) atoms. The van der Waals surface area contributed by atoms with Crippen LogP contribution in [-0.4, -0.2) is 32.2 Å². The molecule has 0 unspecified atom stereocenters. The average Bonchev–Trinajstić information content (AvgIpc) is 3.31. The Morgan fingerprint density at radius 1 is 1.05 bits per heavy atom. The Kier molecular flexibility index (Phi) is 10.3. The number of carbonyl (C=O) groups is 2. The summed E-state index contributed by atoms with van der Waals surface area (Å²) in [5, 5.41) is 5.17. The van der Waals surface area contributed by atoms with E-state index >= 15 is 0 Å². The Morgan fingerprint density at radius 3 is 2.46 bits per heavy atom. The van der Waals surface area contributed by atoms with Gasteiger partial charge in [0.15, 0.2) is 11.5 Å². The number of aryl methyl sites for hydroxylation is 1. The molecule has 0 saturated heterocycles. The summed E-state index contributed by atoms with van der Waals surface area (Å²) in [4.78, 5) is 25.6. The first kappa shape index (κ1) is 28.0. The predicted octanol–water partition coefficient (Wildman–Crippen LogP) is 7.24. The van der Waals surface area contributed by atoms with Crippen molar-refractivity contribution in [3.63, 3.8) is 0 Å². The van der Waals surface area contributed by atoms with Crippen LogP contribution in [0.4, 0.5) is 5.00 Å². The fraction of sp³-hybridized carbons (Fsp3) is 0.333. The topological polar surface area (TPSA) is 73.9 Å². The number of anilines is 1. The highest BCUT2D eigenvalue weighted by Crippen LogP contribution is 2.36. The van der Waals surface area contributed by atoms with E-state index in [9.17, 15) is 9.59 Å². The molecule has 6 nitrogen and oxygen atoms in total. The minimum Gasteiger partial charge on any atom is -0.493 e. The van der Waals surface area contributed by atoms with Crippen molar-refractivity contribution in [3.8, 4) is 22.6 Å². The highest BCUT2D eigenvalue weighted by atomic mass is 32.1. The van der Waals surface area contributed by atoms with Crippen molar-refractivity contribution in [2.75, 3.05) is 25.6 Å². The summed E-state index contributed by atoms with van der Waals surface area (Å²) in [6.07, 6.45) is 5.01. The largest absolute Gasteiger partial charge is 0.493 e. The first-order valence-corrected chi connectivity index (χ1v) is 13.4. The Hall–Kier alpha value is -3.58. The lowest BCUT2D eigenvalue weighted by Crippen LogP contribution is -2.12. The minimum atomic E-state index is -0.463. The maximum absolute atomic E-state index is 12.8. The van der Waals surface area contributed by atoms with Crippen LogP contribution in [-0.2, 0) is 16.0 Å². The van der Waals surface area contributed by atoms with Gasteiger partial charge in [-0.1, -0.05) is 51.1 Å². The van der Waals surface area contributed by atoms with Crippen LogP contribution in [0.3, 0.4) is 0 Å². The fourth-order valence-corrected chi connectivity index (χ4v) is 4.59. The van der Waals surface area contributed by atoms with Gasteiger partial charge in [-0.25, -0.2) is 4.79 Å². The lowest BCUT2D eigenvalue weighted by Gasteiger charge is -2.12. The number of thiophene rings is 1. The molecule has 1 aromatic heterocycles. The zero-order chi connectivity index (χ0) is 26.8. The van der Waals surface area contributed by atoms with Crippen LogP contribution < -0.4 is 14.8 Å². The smallest absolute Gasteiger partial charge is 0.341 e. The summed E-state index contributed by atoms with van der Waals surface area (Å²) in [5.74, 6) is 1.01. The van der Waals surface area contributed by atoms with Crippen molar-refractivity contribution in [2.24, 2.45) is 5.92 Å². The summed E-state index contributed by atoms with van der Waals surface area (Å²) in [7, 11) is 1.59. The van der Waals surface area contributed by atoms with Gasteiger partial charge in [0.2, 0.25) is 5.91 Å². The number of amides is 1. The van der Waals surface area contributed by atoms with Crippen molar-refractivity contribution in [2.45, 2.75) is 40.5 Å². The second-order valence-corrected chi connectivity index (χ2v) is 9.77. The maximum Gasteiger partial charge on any atom is 0.341 e. The number of hydrogen-bond donors (Lipinski definition) is 1. The molecule has 0 aliphatic carbocycles. The SMILES string of the molecule is CCOC(=O)c1c(-c2ccc(CC)cc2)csc1NC(=O)/C=C/c1ccc(OCCC(C)C)c(OC)c1. The molecule has 0 aliphatic heterocycles. The normalized spacial score (nSPS) is 11.1. The fourth-order valence-electron chi connectivity index (χ4n) is 3.63. The van der Waals surface area contributed by atoms with Gasteiger partial charge in [0.1, 0.15) is 10.6 Å². The number of esters is 1. The number of methoxy groups -OCH3 is 1. The average molecular weight is 522 g/mol. The molecule has 3 rings (SSSR count). The summed E-state index contributed by atoms with van der Waals surface area (Å²) in [5.41, 5.74) is 4.00. The van der Waals surface area contributed by atoms with E-state index in [1.54, 1.807) is 20.1 Å². The molecule has 0 saturated carbocycles. The summed E-state index contributed by atoms with van der Waals surface area (Å²) < 4.78 is 16.6. The molecular weight excluding hydrogens is 486 g/mol. The highest BCUT2D eigenvalue weighted by molar-refractivity contribution is 7.15. The van der Waals surface area contributed by atoms with Gasteiger partial charge in [0.05, 0.1) is 20.3 Å². The van der Waals surface area contributed by atoms with Gasteiger partial charge in [0.25, 0.3) is 0 Å². The van der Waals surface area contributed by atoms with Gasteiger partial charge in [0, 0.05) is 17.0 Å². The predicted molar refractivity (Wildman–Crippen MR) is 151 cm³/mol. The molecule has 0 atom stereocenters. The molecule has 7 heteroatoms. The van der Waals surface area contributed by atoms with E-state index in [0.29, 0.717) is 34.6 Å². The third kappa shape index (κ3) is 7.70. The second-order valence-electron chi connectivity index (χ2n) is 8.89. The first-order valence-electron chi connectivity index (χ1n) is 12.5. The van der Waals surface area contributed by atoms with Crippen LogP contribution >= 0.6 is 11.3 Å². The van der Waals surface area contributed by atoms with Gasteiger partial charge in [-0.2, -0.15) is 0 Å². The van der Waals surface area contributed by atoms with Crippen molar-refractivity contribution in [1.82, 2.24) is 0 Å². The standard InChI is InChI=1S/C30H35NO5S/c1-6-21-8-12-23(13-9-21)24-19-37-29(28(24)30(33)35-7-2)31-27(32)15-11-22-10-14-25(26(18-22)34-5)36-17-16-20(3)4/h8-15,18-20H,6-7,16-17H2,1-5H3,(H,31,32)/b15-11+. The highest BCUT2D eigenvalue weighted by Gasteiger charge is 2.22. The Morgan fingerprint density at radius 2 is 1.81 bits per heavy atom. The molecule has 3 aromatic rings. The first-order chi connectivity index (χ1) is 17.9. The van der Waals surface area contributed by atoms with E-state index in [0.717, 1.165) is 29.5 Å². The number of ether oxygens (including phenoxy) is 3. The van der Waals surface area contributed by atoms with Crippen LogP contribution in [0.2, 0.25) is 0 Å². The van der Waals surface area contributed by atoms with Gasteiger partial charge in [-0.15, -0.1) is 11.3 Å². The summed E-state index contributed by atoms with van der Waals surface area (Å²) >= 11 is 1.30. The van der Waals surface area contributed by atoms with Gasteiger partial charge in [-0.3, -0.25) is 4.79 Å². The van der Waals surface area contributed by atoms with E-state index < -0.39 is 5.97 Å². The molecule has 0 aliphatic rings.